The fourth-order valence-corrected chi connectivity index (χ4v) is 3.84. The van der Waals surface area contributed by atoms with Gasteiger partial charge in [0.25, 0.3) is 5.91 Å². The first kappa shape index (κ1) is 21.0. The summed E-state index contributed by atoms with van der Waals surface area (Å²) in [6, 6.07) is 17.1. The van der Waals surface area contributed by atoms with Crippen molar-refractivity contribution in [3.8, 4) is 17.7 Å². The Labute approximate surface area is 185 Å². The average molecular weight is 429 g/mol. The number of hydrogen-bond acceptors (Lipinski definition) is 6. The smallest absolute Gasteiger partial charge is 0.262 e. The van der Waals surface area contributed by atoms with Gasteiger partial charge in [-0.15, -0.1) is 5.10 Å². The van der Waals surface area contributed by atoms with Gasteiger partial charge in [0, 0.05) is 22.5 Å². The van der Waals surface area contributed by atoms with Crippen molar-refractivity contribution in [1.82, 2.24) is 10.2 Å². The maximum Gasteiger partial charge on any atom is 0.262 e. The molecule has 8 heteroatoms. The van der Waals surface area contributed by atoms with Crippen LogP contribution in [0.1, 0.15) is 35.2 Å². The van der Waals surface area contributed by atoms with Crippen LogP contribution in [0.15, 0.2) is 60.0 Å². The minimum atomic E-state index is -0.525. The lowest BCUT2D eigenvalue weighted by Crippen LogP contribution is -2.23. The lowest BCUT2D eigenvalue weighted by Gasteiger charge is -2.25. The van der Waals surface area contributed by atoms with Crippen molar-refractivity contribution >= 4 is 11.6 Å². The molecule has 8 nitrogen and oxygen atoms in total. The number of para-hydroxylation sites is 2. The van der Waals surface area contributed by atoms with Crippen LogP contribution >= 0.6 is 0 Å². The van der Waals surface area contributed by atoms with Crippen LogP contribution in [0.4, 0.5) is 5.69 Å². The number of nitrogens with two attached hydrogens (primary N) is 1. The summed E-state index contributed by atoms with van der Waals surface area (Å²) in [4.78, 5) is 12.6. The summed E-state index contributed by atoms with van der Waals surface area (Å²) in [6.45, 7) is 3.70. The molecule has 0 saturated carbocycles. The van der Waals surface area contributed by atoms with Gasteiger partial charge in [-0.25, -0.2) is 0 Å². The number of allylic oxidation sites excluding steroid dienone is 1. The van der Waals surface area contributed by atoms with Gasteiger partial charge in [0.2, 0.25) is 11.8 Å². The van der Waals surface area contributed by atoms with Crippen LogP contribution in [0, 0.1) is 18.3 Å². The number of aryl methyl sites for hydroxylation is 2. The number of rotatable bonds is 6. The molecule has 0 aliphatic carbocycles. The summed E-state index contributed by atoms with van der Waals surface area (Å²) in [5.41, 5.74) is 10.3. The van der Waals surface area contributed by atoms with E-state index in [-0.39, 0.29) is 24.0 Å². The minimum Gasteiger partial charge on any atom is -0.483 e. The van der Waals surface area contributed by atoms with Gasteiger partial charge in [0.1, 0.15) is 17.4 Å². The Hall–Kier alpha value is -4.25. The molecular formula is C24H23N5O3. The van der Waals surface area contributed by atoms with Crippen LogP contribution < -0.4 is 20.5 Å². The molecule has 0 radical (unpaired) electrons. The summed E-state index contributed by atoms with van der Waals surface area (Å²) in [5, 5.41) is 19.7. The van der Waals surface area contributed by atoms with Crippen LogP contribution in [0.25, 0.3) is 0 Å². The van der Waals surface area contributed by atoms with E-state index in [2.05, 4.69) is 21.6 Å². The second-order valence-electron chi connectivity index (χ2n) is 7.38. The Bertz CT molecular complexity index is 1240. The number of nitriles is 1. The molecule has 1 aliphatic heterocycles. The molecule has 4 N–H and O–H groups in total. The Kier molecular flexibility index (Phi) is 5.81. The van der Waals surface area contributed by atoms with E-state index in [1.54, 1.807) is 6.07 Å². The van der Waals surface area contributed by atoms with Crippen LogP contribution in [0.5, 0.6) is 11.6 Å². The summed E-state index contributed by atoms with van der Waals surface area (Å²) < 4.78 is 11.4. The number of nitrogens with zero attached hydrogens (tertiary/aromatic N) is 2. The van der Waals surface area contributed by atoms with Crippen LogP contribution in [-0.4, -0.2) is 22.7 Å². The van der Waals surface area contributed by atoms with E-state index in [1.165, 1.54) is 0 Å². The number of fused-ring (bicyclic) bond motifs is 1. The van der Waals surface area contributed by atoms with Gasteiger partial charge in [0.15, 0.2) is 6.61 Å². The maximum atomic E-state index is 12.6. The lowest BCUT2D eigenvalue weighted by molar-refractivity contribution is -0.118. The van der Waals surface area contributed by atoms with Gasteiger partial charge >= 0.3 is 0 Å². The van der Waals surface area contributed by atoms with Crippen molar-refractivity contribution in [1.29, 1.82) is 5.26 Å². The molecule has 0 fully saturated rings. The first-order valence-corrected chi connectivity index (χ1v) is 10.2. The molecule has 1 aromatic heterocycles. The van der Waals surface area contributed by atoms with E-state index in [4.69, 9.17) is 15.2 Å². The fourth-order valence-electron chi connectivity index (χ4n) is 3.84. The quantitative estimate of drug-likeness (QED) is 0.550. The van der Waals surface area contributed by atoms with Gasteiger partial charge in [-0.1, -0.05) is 43.3 Å². The van der Waals surface area contributed by atoms with Gasteiger partial charge in [-0.05, 0) is 31.0 Å². The number of benzene rings is 2. The number of hydrogen-bond donors (Lipinski definition) is 3. The van der Waals surface area contributed by atoms with Crippen molar-refractivity contribution in [2.24, 2.45) is 5.73 Å². The molecule has 0 saturated heterocycles. The summed E-state index contributed by atoms with van der Waals surface area (Å²) in [6.07, 6.45) is 0.807. The van der Waals surface area contributed by atoms with Crippen molar-refractivity contribution < 1.29 is 14.3 Å². The number of ether oxygens (including phenoxy) is 2. The Morgan fingerprint density at radius 3 is 2.81 bits per heavy atom. The Morgan fingerprint density at radius 1 is 1.28 bits per heavy atom. The fraction of sp³-hybridized carbons (Fsp3) is 0.208. The van der Waals surface area contributed by atoms with Crippen molar-refractivity contribution in [2.75, 3.05) is 11.9 Å². The second-order valence-corrected chi connectivity index (χ2v) is 7.38. The van der Waals surface area contributed by atoms with E-state index in [0.717, 1.165) is 23.4 Å². The highest BCUT2D eigenvalue weighted by Gasteiger charge is 2.35. The molecule has 2 heterocycles. The predicted molar refractivity (Wildman–Crippen MR) is 119 cm³/mol. The molecule has 0 bridgehead atoms. The number of carbonyl (C=O) groups is 1. The number of nitrogens with one attached hydrogen (secondary N) is 2. The van der Waals surface area contributed by atoms with Gasteiger partial charge < -0.3 is 20.5 Å². The van der Waals surface area contributed by atoms with Gasteiger partial charge in [-0.3, -0.25) is 9.89 Å². The van der Waals surface area contributed by atoms with Gasteiger partial charge in [-0.2, -0.15) is 5.26 Å². The predicted octanol–water partition coefficient (Wildman–Crippen LogP) is 3.52. The zero-order valence-corrected chi connectivity index (χ0v) is 17.8. The summed E-state index contributed by atoms with van der Waals surface area (Å²) in [5.74, 6) is 0.00404. The molecule has 1 amide bonds. The first-order chi connectivity index (χ1) is 15.5. The molecule has 162 valence electrons. The first-order valence-electron chi connectivity index (χ1n) is 10.2. The molecule has 32 heavy (non-hydrogen) atoms. The molecule has 2 aromatic carbocycles. The molecule has 1 unspecified atom stereocenters. The largest absolute Gasteiger partial charge is 0.483 e. The van der Waals surface area contributed by atoms with E-state index in [0.29, 0.717) is 22.8 Å². The average Bonchev–Trinajstić information content (AvgIpc) is 3.17. The summed E-state index contributed by atoms with van der Waals surface area (Å²) in [7, 11) is 0. The third-order valence-electron chi connectivity index (χ3n) is 5.39. The number of H-pyrrole nitrogens is 1. The van der Waals surface area contributed by atoms with E-state index in [1.807, 2.05) is 56.3 Å². The Balaban J connectivity index is 1.61. The second kappa shape index (κ2) is 8.86. The van der Waals surface area contributed by atoms with Crippen LogP contribution in [-0.2, 0) is 11.2 Å². The van der Waals surface area contributed by atoms with Crippen molar-refractivity contribution in [3.63, 3.8) is 0 Å². The maximum absolute atomic E-state index is 12.6. The highest BCUT2D eigenvalue weighted by molar-refractivity contribution is 5.92. The molecule has 4 rings (SSSR count). The SMILES string of the molecule is CCc1ccccc1NC(=O)COc1ccccc1C1C(C#N)=C(N)Oc2n[nH]c(C)c21. The standard InChI is InChI=1S/C24H23N5O3/c1-3-15-8-4-6-10-18(15)27-20(30)13-31-19-11-7-5-9-16(19)22-17(12-25)23(26)32-24-21(22)14(2)28-29-24/h4-11,22H,3,13,26H2,1-2H3,(H,27,30)(H,28,29). The minimum absolute atomic E-state index is 0.000203. The van der Waals surface area contributed by atoms with E-state index in [9.17, 15) is 10.1 Å². The van der Waals surface area contributed by atoms with Crippen molar-refractivity contribution in [2.45, 2.75) is 26.2 Å². The monoisotopic (exact) mass is 429 g/mol. The number of aromatic nitrogens is 2. The third-order valence-corrected chi connectivity index (χ3v) is 5.39. The normalized spacial score (nSPS) is 14.8. The van der Waals surface area contributed by atoms with E-state index < -0.39 is 5.92 Å². The lowest BCUT2D eigenvalue weighted by atomic mass is 9.83. The molecule has 0 spiro atoms. The number of aromatic amines is 1. The molecule has 3 aromatic rings. The molecule has 1 atom stereocenters. The van der Waals surface area contributed by atoms with Crippen LogP contribution in [0.2, 0.25) is 0 Å². The van der Waals surface area contributed by atoms with Gasteiger partial charge in [0.05, 0.1) is 5.92 Å². The third kappa shape index (κ3) is 3.88. The number of carbonyl (C=O) groups excluding carboxylic acids is 1. The molecule has 1 aliphatic rings. The van der Waals surface area contributed by atoms with Crippen LogP contribution in [0.3, 0.4) is 0 Å². The highest BCUT2D eigenvalue weighted by atomic mass is 16.5. The number of anilines is 1. The zero-order valence-electron chi connectivity index (χ0n) is 17.8. The Morgan fingerprint density at radius 2 is 2.03 bits per heavy atom. The highest BCUT2D eigenvalue weighted by Crippen LogP contribution is 2.45. The summed E-state index contributed by atoms with van der Waals surface area (Å²) >= 11 is 0. The van der Waals surface area contributed by atoms with E-state index >= 15 is 0 Å². The molecular weight excluding hydrogens is 406 g/mol. The van der Waals surface area contributed by atoms with Crippen molar-refractivity contribution in [3.05, 3.63) is 82.4 Å². The zero-order chi connectivity index (χ0) is 22.7. The number of amides is 1. The topological polar surface area (TPSA) is 126 Å².